The second kappa shape index (κ2) is 8.86. The Kier molecular flexibility index (Phi) is 8.29. The molecule has 0 unspecified atom stereocenters. The Labute approximate surface area is 126 Å². The molecule has 1 aromatic rings. The molecule has 0 nitrogen and oxygen atoms in total. The maximum atomic E-state index is 6.19. The predicted molar refractivity (Wildman–Crippen MR) is 89.2 cm³/mol. The van der Waals surface area contributed by atoms with Gasteiger partial charge in [-0.3, -0.25) is 0 Å². The molecule has 18 heavy (non-hydrogen) atoms. The summed E-state index contributed by atoms with van der Waals surface area (Å²) in [5.74, 6) is 0. The van der Waals surface area contributed by atoms with Crippen LogP contribution in [-0.2, 0) is 0 Å². The van der Waals surface area contributed by atoms with E-state index < -0.39 is 18.4 Å². The fourth-order valence-corrected chi connectivity index (χ4v) is 23.4. The molecule has 0 amide bonds. The molecular weight excluding hydrogens is 366 g/mol. The summed E-state index contributed by atoms with van der Waals surface area (Å²) < 4.78 is 7.32. The van der Waals surface area contributed by atoms with Crippen molar-refractivity contribution in [2.75, 3.05) is 0 Å². The summed E-state index contributed by atoms with van der Waals surface area (Å²) in [6.07, 6.45) is 6.89. The van der Waals surface area contributed by atoms with E-state index in [4.69, 9.17) is 11.6 Å². The first-order valence-corrected chi connectivity index (χ1v) is 16.1. The number of rotatable bonds is 9. The molecule has 1 aromatic heterocycles. The van der Waals surface area contributed by atoms with Gasteiger partial charge >= 0.3 is 127 Å². The van der Waals surface area contributed by atoms with Crippen LogP contribution in [0.3, 0.4) is 0 Å². The molecule has 0 atom stereocenters. The van der Waals surface area contributed by atoms with Crippen molar-refractivity contribution in [3.8, 4) is 0 Å². The van der Waals surface area contributed by atoms with Gasteiger partial charge < -0.3 is 0 Å². The average molecular weight is 394 g/mol. The summed E-state index contributed by atoms with van der Waals surface area (Å²) in [5.41, 5.74) is 0. The molecule has 1 rings (SSSR count). The summed E-state index contributed by atoms with van der Waals surface area (Å²) in [5, 5.41) is 0. The monoisotopic (exact) mass is 394 g/mol. The van der Waals surface area contributed by atoms with Crippen molar-refractivity contribution < 1.29 is 0 Å². The third-order valence-corrected chi connectivity index (χ3v) is 23.8. The molecule has 0 bridgehead atoms. The van der Waals surface area contributed by atoms with E-state index in [-0.39, 0.29) is 0 Å². The molecule has 0 saturated heterocycles. The third kappa shape index (κ3) is 4.72. The Hall–Kier alpha value is 0.789. The van der Waals surface area contributed by atoms with Crippen LogP contribution in [0.15, 0.2) is 12.1 Å². The molecule has 0 aromatic carbocycles. The molecule has 1 heterocycles. The van der Waals surface area contributed by atoms with Crippen LogP contribution < -0.4 is 2.89 Å². The van der Waals surface area contributed by atoms with E-state index in [1.165, 1.54) is 45.4 Å². The second-order valence-corrected chi connectivity index (χ2v) is 21.2. The Balaban J connectivity index is 2.93. The van der Waals surface area contributed by atoms with Crippen molar-refractivity contribution in [3.05, 3.63) is 16.5 Å². The first kappa shape index (κ1) is 16.8. The molecule has 0 N–H and O–H groups in total. The van der Waals surface area contributed by atoms with Gasteiger partial charge in [-0.25, -0.2) is 0 Å². The Morgan fingerprint density at radius 3 is 1.94 bits per heavy atom. The van der Waals surface area contributed by atoms with Crippen molar-refractivity contribution in [2.24, 2.45) is 0 Å². The molecule has 104 valence electrons. The van der Waals surface area contributed by atoms with Gasteiger partial charge in [-0.05, 0) is 0 Å². The Morgan fingerprint density at radius 1 is 0.944 bits per heavy atom. The average Bonchev–Trinajstić information content (AvgIpc) is 2.80. The van der Waals surface area contributed by atoms with Gasteiger partial charge in [-0.2, -0.15) is 0 Å². The number of unbranched alkanes of at least 4 members (excludes halogenated alkanes) is 2. The molecule has 0 spiro atoms. The van der Waals surface area contributed by atoms with Gasteiger partial charge in [0, 0.05) is 0 Å². The van der Waals surface area contributed by atoms with E-state index in [1.807, 2.05) is 11.3 Å². The van der Waals surface area contributed by atoms with Gasteiger partial charge in [-0.15, -0.1) is 0 Å². The van der Waals surface area contributed by atoms with Crippen LogP contribution >= 0.6 is 22.9 Å². The Bertz CT molecular complexity index is 327. The summed E-state index contributed by atoms with van der Waals surface area (Å²) in [6, 6.07) is 4.49. The first-order chi connectivity index (χ1) is 8.68. The van der Waals surface area contributed by atoms with Gasteiger partial charge in [0.15, 0.2) is 0 Å². The first-order valence-electron chi connectivity index (χ1n) is 7.44. The van der Waals surface area contributed by atoms with Gasteiger partial charge in [0.05, 0.1) is 0 Å². The summed E-state index contributed by atoms with van der Waals surface area (Å²) in [6.45, 7) is 7.01. The van der Waals surface area contributed by atoms with Crippen molar-refractivity contribution in [2.45, 2.75) is 66.2 Å². The van der Waals surface area contributed by atoms with Crippen molar-refractivity contribution in [1.29, 1.82) is 0 Å². The standard InChI is InChI=1S/C4H2ClS.2C4H9.C3H7.Sn/c5-4-2-1-3-6-4;2*1-3-4-2;1-3-2;/h1-2H;2*1,3-4H2,2H3;1,3H2,2H3;. The van der Waals surface area contributed by atoms with Crippen LogP contribution in [0.25, 0.3) is 0 Å². The summed E-state index contributed by atoms with van der Waals surface area (Å²) >= 11 is 5.97. The second-order valence-electron chi connectivity index (χ2n) is 5.34. The zero-order chi connectivity index (χ0) is 13.4. The van der Waals surface area contributed by atoms with Gasteiger partial charge in [0.1, 0.15) is 0 Å². The normalized spacial score (nSPS) is 12.0. The van der Waals surface area contributed by atoms with Crippen LogP contribution in [0, 0.1) is 0 Å². The van der Waals surface area contributed by atoms with Crippen molar-refractivity contribution >= 4 is 44.2 Å². The Morgan fingerprint density at radius 2 is 1.56 bits per heavy atom. The zero-order valence-corrected chi connectivity index (χ0v) is 16.5. The molecular formula is C15H27ClSSn. The minimum atomic E-state index is -2.11. The number of thiophene rings is 1. The molecule has 0 radical (unpaired) electrons. The van der Waals surface area contributed by atoms with E-state index in [0.29, 0.717) is 0 Å². The van der Waals surface area contributed by atoms with E-state index in [9.17, 15) is 0 Å². The van der Waals surface area contributed by atoms with Crippen molar-refractivity contribution in [1.82, 2.24) is 0 Å². The zero-order valence-electron chi connectivity index (χ0n) is 12.1. The van der Waals surface area contributed by atoms with Gasteiger partial charge in [0.2, 0.25) is 0 Å². The van der Waals surface area contributed by atoms with Crippen LogP contribution in [-0.4, -0.2) is 18.4 Å². The SMILES string of the molecule is CCC[CH2][Sn]([CH2]CC)([CH2]CCC)[c]1ccc(Cl)s1. The van der Waals surface area contributed by atoms with E-state index in [0.717, 1.165) is 4.34 Å². The van der Waals surface area contributed by atoms with E-state index >= 15 is 0 Å². The molecule has 0 aliphatic carbocycles. The minimum absolute atomic E-state index is 0.996. The van der Waals surface area contributed by atoms with E-state index in [1.54, 1.807) is 2.89 Å². The van der Waals surface area contributed by atoms with E-state index in [2.05, 4.69) is 32.9 Å². The predicted octanol–water partition coefficient (Wildman–Crippen LogP) is 6.07. The molecule has 0 aliphatic heterocycles. The number of hydrogen-bond donors (Lipinski definition) is 0. The van der Waals surface area contributed by atoms with Crippen LogP contribution in [0.4, 0.5) is 0 Å². The molecule has 3 heteroatoms. The fourth-order valence-electron chi connectivity index (χ4n) is 2.85. The fraction of sp³-hybridized carbons (Fsp3) is 0.733. The summed E-state index contributed by atoms with van der Waals surface area (Å²) in [7, 11) is 0. The van der Waals surface area contributed by atoms with Crippen molar-refractivity contribution in [3.63, 3.8) is 0 Å². The number of hydrogen-bond acceptors (Lipinski definition) is 1. The van der Waals surface area contributed by atoms with Crippen LogP contribution in [0.5, 0.6) is 0 Å². The quantitative estimate of drug-likeness (QED) is 0.447. The van der Waals surface area contributed by atoms with Crippen LogP contribution in [0.2, 0.25) is 17.6 Å². The number of halogens is 1. The van der Waals surface area contributed by atoms with Gasteiger partial charge in [-0.1, -0.05) is 0 Å². The topological polar surface area (TPSA) is 0 Å². The molecule has 0 saturated carbocycles. The van der Waals surface area contributed by atoms with Gasteiger partial charge in [0.25, 0.3) is 0 Å². The molecule has 0 aliphatic rings. The maximum absolute atomic E-state index is 6.19. The third-order valence-electron chi connectivity index (χ3n) is 3.84. The summed E-state index contributed by atoms with van der Waals surface area (Å²) in [4.78, 5) is 0. The van der Waals surface area contributed by atoms with Crippen LogP contribution in [0.1, 0.15) is 52.9 Å². The molecule has 0 fully saturated rings.